The molecular weight excluding hydrogens is 480 g/mol. The monoisotopic (exact) mass is 518 g/mol. The maximum absolute atomic E-state index is 14.7. The van der Waals surface area contributed by atoms with Gasteiger partial charge in [0.15, 0.2) is 0 Å². The van der Waals surface area contributed by atoms with Gasteiger partial charge in [-0.05, 0) is 99.1 Å². The lowest BCUT2D eigenvalue weighted by Crippen LogP contribution is -2.38. The third-order valence-corrected chi connectivity index (χ3v) is 7.92. The smallest absolute Gasteiger partial charge is 0.400 e. The van der Waals surface area contributed by atoms with E-state index in [9.17, 15) is 17.6 Å². The Morgan fingerprint density at radius 1 is 0.865 bits per heavy atom. The van der Waals surface area contributed by atoms with Crippen LogP contribution in [0, 0.1) is 29.4 Å². The Morgan fingerprint density at radius 2 is 1.62 bits per heavy atom. The number of alkyl halides is 2. The third-order valence-electron chi connectivity index (χ3n) is 7.92. The molecule has 0 heterocycles. The number of hydrogen-bond acceptors (Lipinski definition) is 2. The van der Waals surface area contributed by atoms with Crippen molar-refractivity contribution in [1.29, 1.82) is 0 Å². The molecule has 0 aromatic heterocycles. The van der Waals surface area contributed by atoms with Crippen LogP contribution in [0.3, 0.4) is 0 Å². The summed E-state index contributed by atoms with van der Waals surface area (Å²) in [5, 5.41) is 0. The molecule has 0 aliphatic heterocycles. The molecule has 1 saturated carbocycles. The number of benzene rings is 2. The summed E-state index contributed by atoms with van der Waals surface area (Å²) in [4.78, 5) is 0. The van der Waals surface area contributed by atoms with Gasteiger partial charge in [0.05, 0.1) is 18.6 Å². The Hall–Kier alpha value is -2.34. The van der Waals surface area contributed by atoms with E-state index >= 15 is 0 Å². The van der Waals surface area contributed by atoms with Crippen LogP contribution in [0.5, 0.6) is 5.75 Å². The van der Waals surface area contributed by atoms with Crippen molar-refractivity contribution in [2.75, 3.05) is 0 Å². The average Bonchev–Trinajstić information content (AvgIpc) is 2.90. The highest BCUT2D eigenvalue weighted by atomic mass is 19.3. The number of unbranched alkanes of at least 4 members (excludes halogenated alkanes) is 2. The number of halogens is 4. The van der Waals surface area contributed by atoms with Crippen molar-refractivity contribution in [1.82, 2.24) is 0 Å². The van der Waals surface area contributed by atoms with Gasteiger partial charge in [-0.25, -0.2) is 8.78 Å². The van der Waals surface area contributed by atoms with E-state index in [0.717, 1.165) is 69.1 Å². The van der Waals surface area contributed by atoms with E-state index in [1.54, 1.807) is 6.07 Å². The average molecular weight is 519 g/mol. The summed E-state index contributed by atoms with van der Waals surface area (Å²) in [6.07, 6.45) is 9.23. The van der Waals surface area contributed by atoms with E-state index in [-0.39, 0.29) is 24.3 Å². The molecule has 37 heavy (non-hydrogen) atoms. The zero-order chi connectivity index (χ0) is 26.3. The van der Waals surface area contributed by atoms with E-state index in [4.69, 9.17) is 9.47 Å². The SMILES string of the molecule is CCCCCc1ccc(COC2C=CC(C3CCC(C(F)(F)Oc4ccc(F)cc4)CC3)CC2)c(F)c1. The summed E-state index contributed by atoms with van der Waals surface area (Å²) in [5.41, 5.74) is 1.61. The van der Waals surface area contributed by atoms with Crippen LogP contribution in [0.1, 0.15) is 75.8 Å². The maximum atomic E-state index is 14.7. The number of hydrogen-bond donors (Lipinski definition) is 0. The van der Waals surface area contributed by atoms with Gasteiger partial charge < -0.3 is 9.47 Å². The van der Waals surface area contributed by atoms with Crippen LogP contribution >= 0.6 is 0 Å². The summed E-state index contributed by atoms with van der Waals surface area (Å²) >= 11 is 0. The quantitative estimate of drug-likeness (QED) is 0.168. The summed E-state index contributed by atoms with van der Waals surface area (Å²) in [7, 11) is 0. The zero-order valence-electron chi connectivity index (χ0n) is 21.6. The highest BCUT2D eigenvalue weighted by Gasteiger charge is 2.44. The number of rotatable bonds is 11. The largest absolute Gasteiger partial charge is 0.432 e. The lowest BCUT2D eigenvalue weighted by molar-refractivity contribution is -0.224. The van der Waals surface area contributed by atoms with Gasteiger partial charge >= 0.3 is 6.11 Å². The predicted molar refractivity (Wildman–Crippen MR) is 137 cm³/mol. The fraction of sp³-hybridized carbons (Fsp3) is 0.548. The van der Waals surface area contributed by atoms with E-state index in [2.05, 4.69) is 19.1 Å². The lowest BCUT2D eigenvalue weighted by atomic mass is 9.72. The lowest BCUT2D eigenvalue weighted by Gasteiger charge is -2.37. The highest BCUT2D eigenvalue weighted by Crippen LogP contribution is 2.44. The molecule has 2 atom stereocenters. The van der Waals surface area contributed by atoms with Crippen molar-refractivity contribution < 1.29 is 27.0 Å². The van der Waals surface area contributed by atoms with E-state index in [1.807, 2.05) is 12.1 Å². The normalized spacial score (nSPS) is 24.2. The van der Waals surface area contributed by atoms with Crippen LogP contribution in [0.2, 0.25) is 0 Å². The van der Waals surface area contributed by atoms with Crippen LogP contribution in [0.4, 0.5) is 17.6 Å². The first-order chi connectivity index (χ1) is 17.8. The molecule has 0 saturated heterocycles. The zero-order valence-corrected chi connectivity index (χ0v) is 21.6. The number of ether oxygens (including phenoxy) is 2. The molecule has 6 heteroatoms. The minimum Gasteiger partial charge on any atom is -0.432 e. The Kier molecular flexibility index (Phi) is 9.69. The van der Waals surface area contributed by atoms with Crippen LogP contribution in [0.15, 0.2) is 54.6 Å². The Labute approximate surface area is 218 Å². The molecule has 0 spiro atoms. The highest BCUT2D eigenvalue weighted by molar-refractivity contribution is 5.24. The minimum atomic E-state index is -3.27. The van der Waals surface area contributed by atoms with Crippen molar-refractivity contribution in [2.24, 2.45) is 17.8 Å². The summed E-state index contributed by atoms with van der Waals surface area (Å²) in [6.45, 7) is 2.40. The van der Waals surface area contributed by atoms with Gasteiger partial charge in [0.1, 0.15) is 17.4 Å². The molecule has 2 nitrogen and oxygen atoms in total. The summed E-state index contributed by atoms with van der Waals surface area (Å²) in [6, 6.07) is 10.2. The van der Waals surface area contributed by atoms with Gasteiger partial charge in [-0.3, -0.25) is 0 Å². The van der Waals surface area contributed by atoms with Gasteiger partial charge in [-0.2, -0.15) is 8.78 Å². The molecule has 0 N–H and O–H groups in total. The molecular formula is C31H38F4O2. The van der Waals surface area contributed by atoms with Gasteiger partial charge in [-0.1, -0.05) is 44.1 Å². The number of allylic oxidation sites excluding steroid dienone is 1. The van der Waals surface area contributed by atoms with Gasteiger partial charge in [0, 0.05) is 5.56 Å². The first-order valence-electron chi connectivity index (χ1n) is 13.7. The second-order valence-electron chi connectivity index (χ2n) is 10.6. The van der Waals surface area contributed by atoms with Crippen molar-refractivity contribution in [3.8, 4) is 5.75 Å². The molecule has 2 aliphatic carbocycles. The molecule has 2 aromatic rings. The minimum absolute atomic E-state index is 0.0161. The molecule has 2 aliphatic rings. The van der Waals surface area contributed by atoms with Crippen LogP contribution in [-0.2, 0) is 17.8 Å². The molecule has 0 amide bonds. The fourth-order valence-electron chi connectivity index (χ4n) is 5.61. The molecule has 2 aromatic carbocycles. The fourth-order valence-corrected chi connectivity index (χ4v) is 5.61. The van der Waals surface area contributed by atoms with E-state index in [0.29, 0.717) is 30.2 Å². The Bertz CT molecular complexity index is 1010. The van der Waals surface area contributed by atoms with Crippen molar-refractivity contribution >= 4 is 0 Å². The topological polar surface area (TPSA) is 18.5 Å². The molecule has 202 valence electrons. The third kappa shape index (κ3) is 7.83. The first kappa shape index (κ1) is 27.7. The van der Waals surface area contributed by atoms with Crippen LogP contribution in [-0.4, -0.2) is 12.2 Å². The molecule has 1 fully saturated rings. The summed E-state index contributed by atoms with van der Waals surface area (Å²) in [5.74, 6) is -0.825. The van der Waals surface area contributed by atoms with E-state index < -0.39 is 17.8 Å². The standard InChI is InChI=1S/C31H38F4O2/c1-2-3-4-5-22-6-7-25(30(33)20-22)21-36-28-16-10-24(11-17-28)23-8-12-26(13-9-23)31(34,35)37-29-18-14-27(32)15-19-29/h6-7,10,14-16,18-20,23-24,26,28H,2-5,8-9,11-13,17,21H2,1H3. The second kappa shape index (κ2) is 12.9. The van der Waals surface area contributed by atoms with Crippen LogP contribution in [0.25, 0.3) is 0 Å². The van der Waals surface area contributed by atoms with Gasteiger partial charge in [0.2, 0.25) is 0 Å². The number of aryl methyl sites for hydroxylation is 1. The Morgan fingerprint density at radius 3 is 2.27 bits per heavy atom. The second-order valence-corrected chi connectivity index (χ2v) is 10.6. The molecule has 2 unspecified atom stereocenters. The van der Waals surface area contributed by atoms with Crippen molar-refractivity contribution in [3.63, 3.8) is 0 Å². The first-order valence-corrected chi connectivity index (χ1v) is 13.7. The van der Waals surface area contributed by atoms with Gasteiger partial charge in [0.25, 0.3) is 0 Å². The molecule has 4 rings (SSSR count). The maximum Gasteiger partial charge on any atom is 0.400 e. The predicted octanol–water partition coefficient (Wildman–Crippen LogP) is 9.03. The molecule has 0 radical (unpaired) electrons. The molecule has 0 bridgehead atoms. The van der Waals surface area contributed by atoms with Gasteiger partial charge in [-0.15, -0.1) is 0 Å². The summed E-state index contributed by atoms with van der Waals surface area (Å²) < 4.78 is 67.8. The van der Waals surface area contributed by atoms with E-state index in [1.165, 1.54) is 12.1 Å². The Balaban J connectivity index is 1.21. The van der Waals surface area contributed by atoms with Crippen molar-refractivity contribution in [2.45, 2.75) is 90.0 Å². The van der Waals surface area contributed by atoms with Crippen molar-refractivity contribution in [3.05, 3.63) is 77.4 Å². The van der Waals surface area contributed by atoms with Crippen LogP contribution < -0.4 is 4.74 Å².